The van der Waals surface area contributed by atoms with Gasteiger partial charge in [-0.2, -0.15) is 0 Å². The standard InChI is InChI=1S/C15H12FN3O2.C2H6/c1-9-17-6-11(15(21)18-9)5-14(20)19-7-10-3-2-4-13(16)12(10)8-19;1-2/h2-4,6-8H,5H2,1H3,(H,17,18,21);1-2H3. The fourth-order valence-corrected chi connectivity index (χ4v) is 2.16. The number of carbonyl (C=O) groups is 1. The lowest BCUT2D eigenvalue weighted by Gasteiger charge is -2.01. The van der Waals surface area contributed by atoms with Crippen molar-refractivity contribution in [1.82, 2.24) is 14.5 Å². The Morgan fingerprint density at radius 3 is 2.70 bits per heavy atom. The van der Waals surface area contributed by atoms with Gasteiger partial charge in [0.25, 0.3) is 5.56 Å². The van der Waals surface area contributed by atoms with E-state index in [1.54, 1.807) is 25.3 Å². The molecule has 5 nitrogen and oxygen atoms in total. The van der Waals surface area contributed by atoms with Gasteiger partial charge in [0.2, 0.25) is 5.91 Å². The maximum Gasteiger partial charge on any atom is 0.254 e. The molecule has 120 valence electrons. The van der Waals surface area contributed by atoms with Crippen LogP contribution in [0.15, 0.2) is 41.6 Å². The van der Waals surface area contributed by atoms with Crippen LogP contribution in [0.25, 0.3) is 10.8 Å². The van der Waals surface area contributed by atoms with Crippen molar-refractivity contribution in [3.05, 3.63) is 64.3 Å². The summed E-state index contributed by atoms with van der Waals surface area (Å²) < 4.78 is 14.9. The lowest BCUT2D eigenvalue weighted by atomic mass is 10.2. The van der Waals surface area contributed by atoms with Crippen molar-refractivity contribution in [2.45, 2.75) is 27.2 Å². The van der Waals surface area contributed by atoms with Gasteiger partial charge in [0.1, 0.15) is 11.6 Å². The van der Waals surface area contributed by atoms with Crippen LogP contribution in [0.3, 0.4) is 0 Å². The molecule has 0 aliphatic carbocycles. The Hall–Kier alpha value is -2.76. The Labute approximate surface area is 132 Å². The normalized spacial score (nSPS) is 10.3. The maximum absolute atomic E-state index is 13.6. The van der Waals surface area contributed by atoms with Crippen LogP contribution in [-0.2, 0) is 6.42 Å². The average Bonchev–Trinajstić information content (AvgIpc) is 2.98. The van der Waals surface area contributed by atoms with Crippen molar-refractivity contribution in [1.29, 1.82) is 0 Å². The minimum atomic E-state index is -0.381. The topological polar surface area (TPSA) is 67.8 Å². The van der Waals surface area contributed by atoms with E-state index < -0.39 is 0 Å². The van der Waals surface area contributed by atoms with Gasteiger partial charge in [-0.3, -0.25) is 14.2 Å². The molecule has 6 heteroatoms. The van der Waals surface area contributed by atoms with Crippen LogP contribution in [-0.4, -0.2) is 20.4 Å². The lowest BCUT2D eigenvalue weighted by Crippen LogP contribution is -2.20. The van der Waals surface area contributed by atoms with Gasteiger partial charge < -0.3 is 4.98 Å². The van der Waals surface area contributed by atoms with E-state index in [9.17, 15) is 14.0 Å². The quantitative estimate of drug-likeness (QED) is 0.790. The van der Waals surface area contributed by atoms with E-state index in [2.05, 4.69) is 9.97 Å². The van der Waals surface area contributed by atoms with E-state index in [4.69, 9.17) is 0 Å². The van der Waals surface area contributed by atoms with Gasteiger partial charge in [-0.05, 0) is 13.0 Å². The van der Waals surface area contributed by atoms with E-state index >= 15 is 0 Å². The number of hydrogen-bond donors (Lipinski definition) is 1. The number of benzene rings is 1. The summed E-state index contributed by atoms with van der Waals surface area (Å²) in [5.74, 6) is -0.208. The van der Waals surface area contributed by atoms with Gasteiger partial charge >= 0.3 is 0 Å². The number of aromatic amines is 1. The monoisotopic (exact) mass is 315 g/mol. The summed E-state index contributed by atoms with van der Waals surface area (Å²) in [4.78, 5) is 30.4. The van der Waals surface area contributed by atoms with Crippen molar-refractivity contribution < 1.29 is 9.18 Å². The highest BCUT2D eigenvalue weighted by molar-refractivity contribution is 5.90. The van der Waals surface area contributed by atoms with Crippen molar-refractivity contribution in [3.63, 3.8) is 0 Å². The molecule has 0 spiro atoms. The van der Waals surface area contributed by atoms with Crippen LogP contribution in [0, 0.1) is 12.7 Å². The highest BCUT2D eigenvalue weighted by Gasteiger charge is 2.12. The summed E-state index contributed by atoms with van der Waals surface area (Å²) in [5.41, 5.74) is -0.0532. The number of halogens is 1. The van der Waals surface area contributed by atoms with Crippen LogP contribution in [0.4, 0.5) is 4.39 Å². The summed E-state index contributed by atoms with van der Waals surface area (Å²) in [5, 5.41) is 1.01. The number of aryl methyl sites for hydroxylation is 1. The molecule has 1 aromatic carbocycles. The molecule has 0 aliphatic rings. The van der Waals surface area contributed by atoms with E-state index in [0.29, 0.717) is 16.6 Å². The van der Waals surface area contributed by atoms with Crippen LogP contribution >= 0.6 is 0 Å². The lowest BCUT2D eigenvalue weighted by molar-refractivity contribution is 0.0914. The molecule has 0 saturated heterocycles. The first-order valence-electron chi connectivity index (χ1n) is 7.39. The minimum absolute atomic E-state index is 0.0920. The number of fused-ring (bicyclic) bond motifs is 1. The van der Waals surface area contributed by atoms with Crippen molar-refractivity contribution >= 4 is 16.7 Å². The highest BCUT2D eigenvalue weighted by atomic mass is 19.1. The van der Waals surface area contributed by atoms with Crippen LogP contribution in [0.1, 0.15) is 30.0 Å². The Morgan fingerprint density at radius 1 is 1.30 bits per heavy atom. The van der Waals surface area contributed by atoms with Crippen molar-refractivity contribution in [2.24, 2.45) is 0 Å². The molecule has 0 radical (unpaired) electrons. The fourth-order valence-electron chi connectivity index (χ4n) is 2.16. The number of nitrogens with one attached hydrogen (secondary N) is 1. The van der Waals surface area contributed by atoms with E-state index in [-0.39, 0.29) is 29.3 Å². The second kappa shape index (κ2) is 7.00. The summed E-state index contributed by atoms with van der Waals surface area (Å²) in [6, 6.07) is 4.65. The Balaban J connectivity index is 0.000000924. The first-order chi connectivity index (χ1) is 11.0. The van der Waals surface area contributed by atoms with Gasteiger partial charge in [-0.25, -0.2) is 9.37 Å². The molecule has 0 fully saturated rings. The summed E-state index contributed by atoms with van der Waals surface area (Å²) in [7, 11) is 0. The third-order valence-electron chi connectivity index (χ3n) is 3.26. The number of rotatable bonds is 2. The van der Waals surface area contributed by atoms with Gasteiger partial charge in [0.05, 0.1) is 6.42 Å². The first-order valence-corrected chi connectivity index (χ1v) is 7.39. The van der Waals surface area contributed by atoms with E-state index in [1.807, 2.05) is 13.8 Å². The van der Waals surface area contributed by atoms with Gasteiger partial charge in [-0.1, -0.05) is 26.0 Å². The minimum Gasteiger partial charge on any atom is -0.311 e. The summed E-state index contributed by atoms with van der Waals surface area (Å²) in [6.45, 7) is 5.66. The smallest absolute Gasteiger partial charge is 0.254 e. The maximum atomic E-state index is 13.6. The molecular weight excluding hydrogens is 297 g/mol. The predicted octanol–water partition coefficient (Wildman–Crippen LogP) is 3.08. The molecule has 0 saturated carbocycles. The SMILES string of the molecule is CC.Cc1ncc(CC(=O)n2cc3cccc(F)c3c2)c(=O)[nH]1. The molecule has 1 N–H and O–H groups in total. The van der Waals surface area contributed by atoms with E-state index in [1.165, 1.54) is 23.0 Å². The average molecular weight is 315 g/mol. The second-order valence-corrected chi connectivity index (χ2v) is 4.80. The fraction of sp³-hybridized carbons (Fsp3) is 0.235. The molecule has 3 aromatic rings. The van der Waals surface area contributed by atoms with Crippen LogP contribution in [0.5, 0.6) is 0 Å². The summed E-state index contributed by atoms with van der Waals surface area (Å²) in [6.07, 6.45) is 4.28. The van der Waals surface area contributed by atoms with Gasteiger partial charge in [0, 0.05) is 34.9 Å². The molecule has 0 aliphatic heterocycles. The zero-order valence-electron chi connectivity index (χ0n) is 13.3. The molecule has 0 atom stereocenters. The first kappa shape index (κ1) is 16.6. The molecule has 0 bridgehead atoms. The Morgan fingerprint density at radius 2 is 2.04 bits per heavy atom. The van der Waals surface area contributed by atoms with Crippen molar-refractivity contribution in [2.75, 3.05) is 0 Å². The van der Waals surface area contributed by atoms with E-state index in [0.717, 1.165) is 0 Å². The Bertz CT molecular complexity index is 896. The van der Waals surface area contributed by atoms with Crippen LogP contribution < -0.4 is 5.56 Å². The van der Waals surface area contributed by atoms with Gasteiger partial charge in [-0.15, -0.1) is 0 Å². The third-order valence-corrected chi connectivity index (χ3v) is 3.26. The molecule has 0 amide bonds. The predicted molar refractivity (Wildman–Crippen MR) is 87.2 cm³/mol. The Kier molecular flexibility index (Phi) is 5.05. The zero-order chi connectivity index (χ0) is 17.0. The molecule has 2 aromatic heterocycles. The zero-order valence-corrected chi connectivity index (χ0v) is 13.3. The number of hydrogen-bond acceptors (Lipinski definition) is 3. The number of nitrogens with zero attached hydrogens (tertiary/aromatic N) is 2. The second-order valence-electron chi connectivity index (χ2n) is 4.80. The van der Waals surface area contributed by atoms with Gasteiger partial charge in [0.15, 0.2) is 0 Å². The third kappa shape index (κ3) is 3.53. The molecule has 23 heavy (non-hydrogen) atoms. The molecule has 2 heterocycles. The number of H-pyrrole nitrogens is 1. The molecule has 3 rings (SSSR count). The molecule has 0 unspecified atom stereocenters. The highest BCUT2D eigenvalue weighted by Crippen LogP contribution is 2.18. The molecular formula is C17H18FN3O2. The van der Waals surface area contributed by atoms with Crippen molar-refractivity contribution in [3.8, 4) is 0 Å². The largest absolute Gasteiger partial charge is 0.311 e. The number of aromatic nitrogens is 3. The number of carbonyl (C=O) groups excluding carboxylic acids is 1. The summed E-state index contributed by atoms with van der Waals surface area (Å²) >= 11 is 0. The van der Waals surface area contributed by atoms with Crippen LogP contribution in [0.2, 0.25) is 0 Å².